The zero-order valence-corrected chi connectivity index (χ0v) is 13.4. The minimum absolute atomic E-state index is 0.0906. The van der Waals surface area contributed by atoms with Crippen LogP contribution in [0, 0.1) is 46.4 Å². The Kier molecular flexibility index (Phi) is 3.38. The molecule has 0 atom stereocenters. The van der Waals surface area contributed by atoms with Crippen LogP contribution in [0.25, 0.3) is 32.7 Å². The van der Waals surface area contributed by atoms with E-state index >= 15 is 0 Å². The number of nitriles is 3. The number of aromatic nitrogens is 2. The molecule has 122 valence electrons. The fourth-order valence-corrected chi connectivity index (χ4v) is 3.11. The Balaban J connectivity index is 2.18. The van der Waals surface area contributed by atoms with Crippen LogP contribution in [0.4, 0.5) is 4.39 Å². The van der Waals surface area contributed by atoms with Gasteiger partial charge >= 0.3 is 0 Å². The second kappa shape index (κ2) is 5.74. The summed E-state index contributed by atoms with van der Waals surface area (Å²) in [6.07, 6.45) is 0. The normalized spacial score (nSPS) is 12.9. The van der Waals surface area contributed by atoms with Crippen molar-refractivity contribution in [1.29, 1.82) is 15.8 Å². The SMILES string of the molecule is [C-]#[N+]/C(C#N)=C1/c2nc3cc(C#N)c(C#N)cc3nc2-c2cccc(F)c21. The molecular formula is C20H5FN6. The molecule has 1 aliphatic rings. The third-order valence-electron chi connectivity index (χ3n) is 4.25. The first kappa shape index (κ1) is 15.9. The standard InChI is InChI=1S/C20H5FN6/c1-25-16(9-24)18-17-12(3-2-4-13(17)21)19-20(18)27-15-6-11(8-23)10(7-22)5-14(15)26-19/h2-6H/b18-16+. The van der Waals surface area contributed by atoms with Crippen molar-refractivity contribution in [3.05, 3.63) is 75.6 Å². The predicted molar refractivity (Wildman–Crippen MR) is 92.6 cm³/mol. The number of nitrogens with zero attached hydrogens (tertiary/aromatic N) is 6. The number of allylic oxidation sites excluding steroid dienone is 1. The van der Waals surface area contributed by atoms with E-state index in [1.54, 1.807) is 12.1 Å². The van der Waals surface area contributed by atoms with Gasteiger partial charge in [-0.3, -0.25) is 0 Å². The first-order valence-corrected chi connectivity index (χ1v) is 7.60. The van der Waals surface area contributed by atoms with E-state index in [0.29, 0.717) is 22.3 Å². The minimum Gasteiger partial charge on any atom is -0.245 e. The number of benzene rings is 2. The topological polar surface area (TPSA) is 102 Å². The zero-order chi connectivity index (χ0) is 19.1. The van der Waals surface area contributed by atoms with E-state index < -0.39 is 5.82 Å². The summed E-state index contributed by atoms with van der Waals surface area (Å²) in [6.45, 7) is 7.25. The van der Waals surface area contributed by atoms with Crippen molar-refractivity contribution in [3.8, 4) is 29.5 Å². The monoisotopic (exact) mass is 348 g/mol. The number of hydrogen-bond acceptors (Lipinski definition) is 5. The lowest BCUT2D eigenvalue weighted by molar-refractivity contribution is 0.625. The summed E-state index contributed by atoms with van der Waals surface area (Å²) < 4.78 is 14.5. The third-order valence-corrected chi connectivity index (χ3v) is 4.25. The van der Waals surface area contributed by atoms with E-state index in [1.165, 1.54) is 24.3 Å². The summed E-state index contributed by atoms with van der Waals surface area (Å²) in [7, 11) is 0. The molecule has 1 aromatic heterocycles. The summed E-state index contributed by atoms with van der Waals surface area (Å²) in [5, 5.41) is 27.7. The summed E-state index contributed by atoms with van der Waals surface area (Å²) in [6, 6.07) is 12.9. The van der Waals surface area contributed by atoms with Crippen molar-refractivity contribution in [2.45, 2.75) is 0 Å². The van der Waals surface area contributed by atoms with Gasteiger partial charge in [0.25, 0.3) is 5.70 Å². The molecule has 27 heavy (non-hydrogen) atoms. The van der Waals surface area contributed by atoms with Crippen molar-refractivity contribution in [2.24, 2.45) is 0 Å². The van der Waals surface area contributed by atoms with Crippen LogP contribution < -0.4 is 0 Å². The Labute approximate surface area is 152 Å². The quantitative estimate of drug-likeness (QED) is 0.356. The molecule has 0 N–H and O–H groups in total. The highest BCUT2D eigenvalue weighted by Gasteiger charge is 2.32. The van der Waals surface area contributed by atoms with Gasteiger partial charge in [-0.1, -0.05) is 12.1 Å². The van der Waals surface area contributed by atoms with Gasteiger partial charge in [-0.2, -0.15) is 10.5 Å². The molecule has 7 heteroatoms. The van der Waals surface area contributed by atoms with Crippen LogP contribution in [0.3, 0.4) is 0 Å². The molecule has 0 unspecified atom stereocenters. The van der Waals surface area contributed by atoms with E-state index in [1.807, 2.05) is 12.1 Å². The lowest BCUT2D eigenvalue weighted by Gasteiger charge is -2.05. The lowest BCUT2D eigenvalue weighted by Crippen LogP contribution is -1.96. The minimum atomic E-state index is -0.585. The zero-order valence-electron chi connectivity index (χ0n) is 13.4. The van der Waals surface area contributed by atoms with Crippen LogP contribution in [0.2, 0.25) is 0 Å². The fourth-order valence-electron chi connectivity index (χ4n) is 3.11. The van der Waals surface area contributed by atoms with Gasteiger partial charge in [-0.05, 0) is 18.2 Å². The van der Waals surface area contributed by atoms with Crippen molar-refractivity contribution in [1.82, 2.24) is 9.97 Å². The van der Waals surface area contributed by atoms with Gasteiger partial charge in [-0.15, -0.1) is 0 Å². The summed E-state index contributed by atoms with van der Waals surface area (Å²) in [5.41, 5.74) is 1.85. The second-order valence-electron chi connectivity index (χ2n) is 5.64. The summed E-state index contributed by atoms with van der Waals surface area (Å²) in [5.74, 6) is -0.585. The van der Waals surface area contributed by atoms with Crippen LogP contribution in [-0.2, 0) is 0 Å². The molecule has 3 aromatic rings. The maximum Gasteiger partial charge on any atom is 0.271 e. The van der Waals surface area contributed by atoms with Gasteiger partial charge in [0.2, 0.25) is 0 Å². The third kappa shape index (κ3) is 2.14. The predicted octanol–water partition coefficient (Wildman–Crippen LogP) is 3.69. The average Bonchev–Trinajstić information content (AvgIpc) is 3.01. The van der Waals surface area contributed by atoms with Gasteiger partial charge < -0.3 is 0 Å². The molecule has 4 rings (SSSR count). The Hall–Kier alpha value is -4.59. The van der Waals surface area contributed by atoms with Gasteiger partial charge in [0.15, 0.2) is 0 Å². The lowest BCUT2D eigenvalue weighted by atomic mass is 10.0. The second-order valence-corrected chi connectivity index (χ2v) is 5.64. The van der Waals surface area contributed by atoms with Crippen LogP contribution in [0.15, 0.2) is 36.0 Å². The van der Waals surface area contributed by atoms with E-state index in [9.17, 15) is 20.2 Å². The molecule has 6 nitrogen and oxygen atoms in total. The first-order chi connectivity index (χ1) is 13.1. The van der Waals surface area contributed by atoms with Crippen LogP contribution >= 0.6 is 0 Å². The molecule has 0 aliphatic heterocycles. The van der Waals surface area contributed by atoms with Crippen molar-refractivity contribution in [2.75, 3.05) is 0 Å². The highest BCUT2D eigenvalue weighted by molar-refractivity contribution is 6.03. The Bertz CT molecular complexity index is 1360. The van der Waals surface area contributed by atoms with Crippen LogP contribution in [0.1, 0.15) is 22.4 Å². The molecule has 0 saturated heterocycles. The summed E-state index contributed by atoms with van der Waals surface area (Å²) in [4.78, 5) is 12.1. The van der Waals surface area contributed by atoms with Crippen molar-refractivity contribution < 1.29 is 4.39 Å². The van der Waals surface area contributed by atoms with Gasteiger partial charge in [0, 0.05) is 16.7 Å². The Morgan fingerprint density at radius 2 is 1.63 bits per heavy atom. The number of halogens is 1. The maximum absolute atomic E-state index is 14.5. The van der Waals surface area contributed by atoms with E-state index in [4.69, 9.17) is 6.57 Å². The maximum atomic E-state index is 14.5. The van der Waals surface area contributed by atoms with E-state index in [2.05, 4.69) is 14.8 Å². The first-order valence-electron chi connectivity index (χ1n) is 7.60. The highest BCUT2D eigenvalue weighted by Crippen LogP contribution is 2.45. The smallest absolute Gasteiger partial charge is 0.245 e. The van der Waals surface area contributed by atoms with Gasteiger partial charge in [0.05, 0.1) is 46.2 Å². The fraction of sp³-hybridized carbons (Fsp3) is 0. The molecule has 0 bridgehead atoms. The molecule has 1 heterocycles. The molecule has 2 aromatic carbocycles. The van der Waals surface area contributed by atoms with E-state index in [-0.39, 0.29) is 33.7 Å². The molecule has 0 spiro atoms. The van der Waals surface area contributed by atoms with Crippen LogP contribution in [0.5, 0.6) is 0 Å². The highest BCUT2D eigenvalue weighted by atomic mass is 19.1. The number of rotatable bonds is 0. The number of hydrogen-bond donors (Lipinski definition) is 0. The van der Waals surface area contributed by atoms with Gasteiger partial charge in [-0.25, -0.2) is 24.5 Å². The molecular weight excluding hydrogens is 343 g/mol. The van der Waals surface area contributed by atoms with Crippen molar-refractivity contribution in [3.63, 3.8) is 0 Å². The Morgan fingerprint density at radius 1 is 1.00 bits per heavy atom. The van der Waals surface area contributed by atoms with E-state index in [0.717, 1.165) is 0 Å². The molecule has 0 amide bonds. The average molecular weight is 348 g/mol. The Morgan fingerprint density at radius 3 is 2.19 bits per heavy atom. The largest absolute Gasteiger partial charge is 0.271 e. The number of fused-ring (bicyclic) bond motifs is 4. The van der Waals surface area contributed by atoms with Gasteiger partial charge in [0.1, 0.15) is 18.0 Å². The molecule has 0 radical (unpaired) electrons. The molecule has 1 aliphatic carbocycles. The molecule has 0 saturated carbocycles. The molecule has 0 fully saturated rings. The summed E-state index contributed by atoms with van der Waals surface area (Å²) >= 11 is 0. The van der Waals surface area contributed by atoms with Crippen LogP contribution in [-0.4, -0.2) is 9.97 Å². The van der Waals surface area contributed by atoms with Crippen molar-refractivity contribution >= 4 is 16.6 Å².